The summed E-state index contributed by atoms with van der Waals surface area (Å²) in [5.74, 6) is -2.87. The van der Waals surface area contributed by atoms with Gasteiger partial charge in [-0.25, -0.2) is 4.79 Å². The summed E-state index contributed by atoms with van der Waals surface area (Å²) in [5, 5.41) is 12.7. The number of anilines is 1. The second-order valence-electron chi connectivity index (χ2n) is 6.88. The van der Waals surface area contributed by atoms with Gasteiger partial charge in [-0.3, -0.25) is 14.4 Å². The van der Waals surface area contributed by atoms with E-state index in [0.717, 1.165) is 0 Å². The van der Waals surface area contributed by atoms with Crippen LogP contribution < -0.4 is 10.6 Å². The smallest absolute Gasteiger partial charge is 0.475 e. The molecule has 1 fully saturated rings. The van der Waals surface area contributed by atoms with Crippen LogP contribution in [0.5, 0.6) is 0 Å². The molecule has 0 spiro atoms. The monoisotopic (exact) mass is 457 g/mol. The standard InChI is InChI=1S/C19H25N3O3.C2HF3O2/c1-3-11-20-18(24)14-9-12-22(13-10-14)19(25)15-5-7-16(8-6-15)21-17(23)4-2;3-2(4,5)1(6)7/h3,5-8,14H,1,4,9-13H2,2H3,(H,20,24)(H,21,23);(H,6,7). The van der Waals surface area contributed by atoms with Gasteiger partial charge in [0.2, 0.25) is 11.8 Å². The van der Waals surface area contributed by atoms with E-state index < -0.39 is 12.1 Å². The molecule has 1 heterocycles. The molecule has 0 aromatic heterocycles. The van der Waals surface area contributed by atoms with Gasteiger partial charge in [0, 0.05) is 43.2 Å². The van der Waals surface area contributed by atoms with Crippen molar-refractivity contribution >= 4 is 29.4 Å². The second kappa shape index (κ2) is 12.5. The zero-order valence-corrected chi connectivity index (χ0v) is 17.6. The van der Waals surface area contributed by atoms with Crippen LogP contribution in [0.3, 0.4) is 0 Å². The van der Waals surface area contributed by atoms with Crippen molar-refractivity contribution in [3.63, 3.8) is 0 Å². The molecule has 0 saturated carbocycles. The summed E-state index contributed by atoms with van der Waals surface area (Å²) in [7, 11) is 0. The maximum atomic E-state index is 12.6. The number of carboxylic acids is 1. The fourth-order valence-electron chi connectivity index (χ4n) is 2.79. The molecule has 1 aliphatic heterocycles. The van der Waals surface area contributed by atoms with E-state index in [0.29, 0.717) is 50.1 Å². The highest BCUT2D eigenvalue weighted by molar-refractivity contribution is 5.96. The molecule has 0 aliphatic carbocycles. The first-order chi connectivity index (χ1) is 15.0. The van der Waals surface area contributed by atoms with Gasteiger partial charge in [0.15, 0.2) is 0 Å². The normalized spacial score (nSPS) is 13.9. The number of aliphatic carboxylic acids is 1. The van der Waals surface area contributed by atoms with E-state index in [1.807, 2.05) is 0 Å². The van der Waals surface area contributed by atoms with Crippen LogP contribution in [0.2, 0.25) is 0 Å². The van der Waals surface area contributed by atoms with Gasteiger partial charge in [-0.1, -0.05) is 13.0 Å². The third-order valence-corrected chi connectivity index (χ3v) is 4.55. The van der Waals surface area contributed by atoms with E-state index in [9.17, 15) is 27.6 Å². The molecule has 2 rings (SSSR count). The van der Waals surface area contributed by atoms with E-state index in [1.165, 1.54) is 0 Å². The van der Waals surface area contributed by atoms with Crippen LogP contribution in [0.4, 0.5) is 18.9 Å². The Morgan fingerprint density at radius 1 is 1.16 bits per heavy atom. The summed E-state index contributed by atoms with van der Waals surface area (Å²) < 4.78 is 31.7. The predicted octanol–water partition coefficient (Wildman–Crippen LogP) is 2.82. The molecular formula is C21H26F3N3O5. The number of hydrogen-bond donors (Lipinski definition) is 3. The zero-order chi connectivity index (χ0) is 24.3. The Kier molecular flexibility index (Phi) is 10.4. The molecule has 1 aliphatic rings. The molecule has 32 heavy (non-hydrogen) atoms. The Bertz CT molecular complexity index is 817. The molecule has 1 aromatic rings. The van der Waals surface area contributed by atoms with Crippen LogP contribution in [0.25, 0.3) is 0 Å². The first-order valence-corrected chi connectivity index (χ1v) is 9.87. The molecule has 11 heteroatoms. The Balaban J connectivity index is 0.000000633. The van der Waals surface area contributed by atoms with Crippen LogP contribution in [-0.4, -0.2) is 59.5 Å². The maximum Gasteiger partial charge on any atom is 0.490 e. The molecule has 176 valence electrons. The van der Waals surface area contributed by atoms with Crippen LogP contribution in [0.15, 0.2) is 36.9 Å². The fourth-order valence-corrected chi connectivity index (χ4v) is 2.79. The minimum absolute atomic E-state index is 0.0306. The van der Waals surface area contributed by atoms with Crippen LogP contribution in [0.1, 0.15) is 36.5 Å². The minimum Gasteiger partial charge on any atom is -0.475 e. The number of nitrogens with one attached hydrogen (secondary N) is 2. The molecule has 0 unspecified atom stereocenters. The summed E-state index contributed by atoms with van der Waals surface area (Å²) in [4.78, 5) is 46.6. The number of carbonyl (C=O) groups is 4. The largest absolute Gasteiger partial charge is 0.490 e. The summed E-state index contributed by atoms with van der Waals surface area (Å²) in [6.07, 6.45) is -1.68. The van der Waals surface area contributed by atoms with Gasteiger partial charge in [0.25, 0.3) is 5.91 Å². The first-order valence-electron chi connectivity index (χ1n) is 9.87. The van der Waals surface area contributed by atoms with E-state index >= 15 is 0 Å². The second-order valence-corrected chi connectivity index (χ2v) is 6.88. The van der Waals surface area contributed by atoms with E-state index in [4.69, 9.17) is 9.90 Å². The van der Waals surface area contributed by atoms with E-state index in [-0.39, 0.29) is 23.6 Å². The van der Waals surface area contributed by atoms with Gasteiger partial charge in [0.1, 0.15) is 0 Å². The Morgan fingerprint density at radius 3 is 2.12 bits per heavy atom. The van der Waals surface area contributed by atoms with Crippen molar-refractivity contribution in [3.8, 4) is 0 Å². The molecule has 3 N–H and O–H groups in total. The summed E-state index contributed by atoms with van der Waals surface area (Å²) in [6, 6.07) is 6.90. The van der Waals surface area contributed by atoms with Crippen molar-refractivity contribution in [2.75, 3.05) is 25.0 Å². The van der Waals surface area contributed by atoms with Crippen LogP contribution in [-0.2, 0) is 14.4 Å². The molecule has 1 saturated heterocycles. The third-order valence-electron chi connectivity index (χ3n) is 4.55. The SMILES string of the molecule is C=CCNC(=O)C1CCN(C(=O)c2ccc(NC(=O)CC)cc2)CC1.O=C(O)C(F)(F)F. The minimum atomic E-state index is -5.08. The highest BCUT2D eigenvalue weighted by Gasteiger charge is 2.38. The maximum absolute atomic E-state index is 12.6. The number of amides is 3. The number of piperidine rings is 1. The lowest BCUT2D eigenvalue weighted by molar-refractivity contribution is -0.192. The fraction of sp³-hybridized carbons (Fsp3) is 0.429. The summed E-state index contributed by atoms with van der Waals surface area (Å²) in [6.45, 7) is 6.98. The quantitative estimate of drug-likeness (QED) is 0.568. The van der Waals surface area contributed by atoms with Gasteiger partial charge in [-0.05, 0) is 37.1 Å². The number of rotatable bonds is 6. The Morgan fingerprint density at radius 2 is 1.69 bits per heavy atom. The topological polar surface area (TPSA) is 116 Å². The Hall–Kier alpha value is -3.37. The molecule has 3 amide bonds. The van der Waals surface area contributed by atoms with Crippen molar-refractivity contribution in [1.82, 2.24) is 10.2 Å². The van der Waals surface area contributed by atoms with Crippen molar-refractivity contribution in [2.45, 2.75) is 32.4 Å². The molecule has 0 bridgehead atoms. The van der Waals surface area contributed by atoms with Gasteiger partial charge in [-0.2, -0.15) is 13.2 Å². The van der Waals surface area contributed by atoms with E-state index in [2.05, 4.69) is 17.2 Å². The lowest BCUT2D eigenvalue weighted by Gasteiger charge is -2.31. The first kappa shape index (κ1) is 26.7. The van der Waals surface area contributed by atoms with Crippen LogP contribution in [0, 0.1) is 5.92 Å². The molecule has 0 radical (unpaired) electrons. The van der Waals surface area contributed by atoms with Crippen molar-refractivity contribution in [2.24, 2.45) is 5.92 Å². The number of carbonyl (C=O) groups excluding carboxylic acids is 3. The number of nitrogens with zero attached hydrogens (tertiary/aromatic N) is 1. The Labute approximate surface area is 183 Å². The highest BCUT2D eigenvalue weighted by atomic mass is 19.4. The molecule has 8 nitrogen and oxygen atoms in total. The number of carboxylic acid groups (broad SMARTS) is 1. The highest BCUT2D eigenvalue weighted by Crippen LogP contribution is 2.20. The van der Waals surface area contributed by atoms with Gasteiger partial charge in [0.05, 0.1) is 0 Å². The number of benzene rings is 1. The number of alkyl halides is 3. The lowest BCUT2D eigenvalue weighted by Crippen LogP contribution is -2.43. The lowest BCUT2D eigenvalue weighted by atomic mass is 9.95. The molecular weight excluding hydrogens is 431 g/mol. The predicted molar refractivity (Wildman–Crippen MR) is 111 cm³/mol. The van der Waals surface area contributed by atoms with Crippen molar-refractivity contribution < 1.29 is 37.5 Å². The van der Waals surface area contributed by atoms with Gasteiger partial charge in [-0.15, -0.1) is 6.58 Å². The molecule has 0 atom stereocenters. The van der Waals surface area contributed by atoms with Crippen molar-refractivity contribution in [1.29, 1.82) is 0 Å². The summed E-state index contributed by atoms with van der Waals surface area (Å²) in [5.41, 5.74) is 1.27. The third kappa shape index (κ3) is 8.78. The van der Waals surface area contributed by atoms with Crippen LogP contribution >= 0.6 is 0 Å². The average molecular weight is 457 g/mol. The molecule has 1 aromatic carbocycles. The number of likely N-dealkylation sites (tertiary alicyclic amines) is 1. The average Bonchev–Trinajstić information content (AvgIpc) is 2.77. The van der Waals surface area contributed by atoms with E-state index in [1.54, 1.807) is 42.2 Å². The van der Waals surface area contributed by atoms with Gasteiger partial charge >= 0.3 is 12.1 Å². The number of halogens is 3. The van der Waals surface area contributed by atoms with Gasteiger partial charge < -0.3 is 20.6 Å². The van der Waals surface area contributed by atoms with Crippen molar-refractivity contribution in [3.05, 3.63) is 42.5 Å². The summed E-state index contributed by atoms with van der Waals surface area (Å²) >= 11 is 0. The number of hydrogen-bond acceptors (Lipinski definition) is 4. The zero-order valence-electron chi connectivity index (χ0n) is 17.6.